The number of hydrogen-bond acceptors (Lipinski definition) is 3. The van der Waals surface area contributed by atoms with Crippen LogP contribution >= 0.6 is 11.3 Å². The Morgan fingerprint density at radius 3 is 2.54 bits per heavy atom. The Morgan fingerprint density at radius 1 is 0.923 bits per heavy atom. The van der Waals surface area contributed by atoms with E-state index in [1.54, 1.807) is 0 Å². The van der Waals surface area contributed by atoms with Crippen LogP contribution in [0.1, 0.15) is 51.6 Å². The van der Waals surface area contributed by atoms with E-state index in [0.29, 0.717) is 12.0 Å². The first kappa shape index (κ1) is 22.0. The third kappa shape index (κ3) is 2.36. The number of pyridine rings is 1. The van der Waals surface area contributed by atoms with Gasteiger partial charge in [0.25, 0.3) is 0 Å². The molecule has 0 saturated heterocycles. The van der Waals surface area contributed by atoms with Gasteiger partial charge in [-0.1, -0.05) is 42.5 Å². The van der Waals surface area contributed by atoms with Gasteiger partial charge in [0.05, 0.1) is 10.6 Å². The van der Waals surface area contributed by atoms with Crippen molar-refractivity contribution < 1.29 is 8.98 Å². The summed E-state index contributed by atoms with van der Waals surface area (Å²) < 4.78 is 10.8. The highest BCUT2D eigenvalue weighted by Gasteiger charge is 2.80. The molecule has 5 heterocycles. The van der Waals surface area contributed by atoms with Gasteiger partial charge in [0, 0.05) is 51.2 Å². The lowest BCUT2D eigenvalue weighted by molar-refractivity contribution is -0.697. The zero-order valence-corrected chi connectivity index (χ0v) is 23.6. The molecule has 2 aliphatic heterocycles. The zero-order chi connectivity index (χ0) is 26.4. The third-order valence-electron chi connectivity index (χ3n) is 9.96. The topological polar surface area (TPSA) is 20.3 Å². The molecule has 0 radical (unpaired) electrons. The smallest absolute Gasteiger partial charge is 0.213 e. The molecule has 3 aliphatic rings. The summed E-state index contributed by atoms with van der Waals surface area (Å²) in [7, 11) is 2.30. The van der Waals surface area contributed by atoms with Crippen molar-refractivity contribution >= 4 is 49.1 Å². The molecular weight excluding hydrogens is 496 g/mol. The third-order valence-corrected chi connectivity index (χ3v) is 11.2. The van der Waals surface area contributed by atoms with E-state index in [1.165, 1.54) is 70.5 Å². The first-order valence-electron chi connectivity index (χ1n) is 13.9. The summed E-state index contributed by atoms with van der Waals surface area (Å²) >= 11 is 1.86. The zero-order valence-electron chi connectivity index (χ0n) is 22.8. The normalized spacial score (nSPS) is 23.6. The summed E-state index contributed by atoms with van der Waals surface area (Å²) in [6, 6.07) is 23.2. The molecule has 3 nitrogen and oxygen atoms in total. The summed E-state index contributed by atoms with van der Waals surface area (Å²) in [6.07, 6.45) is 4.64. The fourth-order valence-corrected chi connectivity index (χ4v) is 9.27. The quantitative estimate of drug-likeness (QED) is 0.185. The molecule has 3 aromatic carbocycles. The van der Waals surface area contributed by atoms with Crippen molar-refractivity contribution in [2.45, 2.75) is 45.2 Å². The molecule has 3 unspecified atom stereocenters. The molecule has 39 heavy (non-hydrogen) atoms. The monoisotopic (exact) mass is 525 g/mol. The molecule has 0 bridgehead atoms. The van der Waals surface area contributed by atoms with E-state index < -0.39 is 0 Å². The Bertz CT molecular complexity index is 2110. The van der Waals surface area contributed by atoms with Crippen molar-refractivity contribution in [3.8, 4) is 11.3 Å². The molecule has 190 valence electrons. The number of aryl methyl sites for hydroxylation is 3. The van der Waals surface area contributed by atoms with Gasteiger partial charge in [0.1, 0.15) is 11.1 Å². The molecule has 0 amide bonds. The van der Waals surface area contributed by atoms with Crippen molar-refractivity contribution in [1.29, 1.82) is 0 Å². The van der Waals surface area contributed by atoms with E-state index in [0.717, 1.165) is 11.2 Å². The fraction of sp³-hybridized carbons (Fsp3) is 0.229. The van der Waals surface area contributed by atoms with E-state index in [1.807, 2.05) is 11.3 Å². The molecular formula is C35H29N2OS+. The lowest BCUT2D eigenvalue weighted by Crippen LogP contribution is -2.42. The molecule has 3 aromatic heterocycles. The largest absolute Gasteiger partial charge is 0.454 e. The molecule has 1 saturated carbocycles. The standard InChI is InChI=1S/C35H29N2OS/c1-6-27-29-26(15-14-24-25-13-12-21-19(3)20(4)39-33(21)32(25)38-31(24)29)35(36(27)5)30-23-10-8-7-9-22(23)28-16-11-18(2)17-37(28)34(30)35/h6-17,30,34H,1-5H3/q+1/b27-6-. The summed E-state index contributed by atoms with van der Waals surface area (Å²) in [6.45, 7) is 8.81. The van der Waals surface area contributed by atoms with E-state index in [9.17, 15) is 0 Å². The number of allylic oxidation sites excluding steroid dienone is 1. The van der Waals surface area contributed by atoms with Crippen molar-refractivity contribution in [1.82, 2.24) is 4.90 Å². The first-order chi connectivity index (χ1) is 19.0. The Kier molecular flexibility index (Phi) is 3.94. The molecule has 6 aromatic rings. The predicted molar refractivity (Wildman–Crippen MR) is 160 cm³/mol. The van der Waals surface area contributed by atoms with Crippen LogP contribution in [0, 0.1) is 20.8 Å². The summed E-state index contributed by atoms with van der Waals surface area (Å²) in [4.78, 5) is 3.93. The van der Waals surface area contributed by atoms with Gasteiger partial charge in [0.15, 0.2) is 17.8 Å². The second-order valence-electron chi connectivity index (χ2n) is 11.6. The highest BCUT2D eigenvalue weighted by molar-refractivity contribution is 7.20. The molecule has 1 aliphatic carbocycles. The van der Waals surface area contributed by atoms with Gasteiger partial charge < -0.3 is 9.32 Å². The SMILES string of the molecule is C/C=C1/c2c(ccc3c2oc2c3ccc3c(C)c(C)sc32)C2(C3c4ccccc4-c4ccc(C)c[n+]4C32)N1C. The minimum Gasteiger partial charge on any atom is -0.454 e. The van der Waals surface area contributed by atoms with Crippen LogP contribution in [0.3, 0.4) is 0 Å². The van der Waals surface area contributed by atoms with E-state index in [2.05, 4.69) is 117 Å². The lowest BCUT2D eigenvalue weighted by Gasteiger charge is -2.23. The number of likely N-dealkylation sites (N-methyl/N-ethyl adjacent to an activating group) is 1. The van der Waals surface area contributed by atoms with Crippen molar-refractivity contribution in [2.75, 3.05) is 7.05 Å². The fourth-order valence-electron chi connectivity index (χ4n) is 8.13. The molecule has 0 N–H and O–H groups in total. The molecule has 1 fully saturated rings. The van der Waals surface area contributed by atoms with E-state index in [-0.39, 0.29) is 5.54 Å². The number of furan rings is 1. The number of rotatable bonds is 0. The molecule has 1 spiro atoms. The Hall–Kier alpha value is -3.89. The van der Waals surface area contributed by atoms with Crippen LogP contribution in [-0.4, -0.2) is 11.9 Å². The van der Waals surface area contributed by atoms with Gasteiger partial charge in [-0.2, -0.15) is 4.57 Å². The number of nitrogens with zero attached hydrogens (tertiary/aromatic N) is 2. The predicted octanol–water partition coefficient (Wildman–Crippen LogP) is 8.53. The van der Waals surface area contributed by atoms with Crippen molar-refractivity contribution in [2.24, 2.45) is 0 Å². The van der Waals surface area contributed by atoms with Crippen LogP contribution in [0.4, 0.5) is 0 Å². The maximum absolute atomic E-state index is 6.93. The molecule has 3 atom stereocenters. The summed E-state index contributed by atoms with van der Waals surface area (Å²) in [5.41, 5.74) is 12.6. The average molecular weight is 526 g/mol. The number of benzene rings is 3. The van der Waals surface area contributed by atoms with Crippen molar-refractivity contribution in [3.63, 3.8) is 0 Å². The maximum Gasteiger partial charge on any atom is 0.213 e. The number of thiophene rings is 1. The number of aromatic nitrogens is 1. The van der Waals surface area contributed by atoms with Gasteiger partial charge >= 0.3 is 0 Å². The Labute approximate surface area is 231 Å². The Balaban J connectivity index is 1.37. The van der Waals surface area contributed by atoms with Crippen LogP contribution in [0.5, 0.6) is 0 Å². The maximum atomic E-state index is 6.93. The summed E-state index contributed by atoms with van der Waals surface area (Å²) in [5, 5.41) is 3.75. The highest BCUT2D eigenvalue weighted by atomic mass is 32.1. The highest BCUT2D eigenvalue weighted by Crippen LogP contribution is 2.75. The van der Waals surface area contributed by atoms with Gasteiger partial charge in [-0.05, 0) is 68.0 Å². The van der Waals surface area contributed by atoms with Crippen LogP contribution in [0.2, 0.25) is 0 Å². The van der Waals surface area contributed by atoms with E-state index >= 15 is 0 Å². The molecule has 9 rings (SSSR count). The molecule has 4 heteroatoms. The minimum atomic E-state index is -0.143. The summed E-state index contributed by atoms with van der Waals surface area (Å²) in [5.74, 6) is 0.380. The minimum absolute atomic E-state index is 0.143. The van der Waals surface area contributed by atoms with Gasteiger partial charge in [-0.25, -0.2) is 0 Å². The Morgan fingerprint density at radius 2 is 1.69 bits per heavy atom. The van der Waals surface area contributed by atoms with E-state index in [4.69, 9.17) is 4.42 Å². The van der Waals surface area contributed by atoms with Crippen LogP contribution in [0.15, 0.2) is 77.4 Å². The van der Waals surface area contributed by atoms with Gasteiger partial charge in [-0.3, -0.25) is 0 Å². The van der Waals surface area contributed by atoms with Crippen molar-refractivity contribution in [3.05, 3.63) is 106 Å². The second-order valence-corrected chi connectivity index (χ2v) is 12.9. The van der Waals surface area contributed by atoms with Crippen LogP contribution < -0.4 is 4.57 Å². The van der Waals surface area contributed by atoms with Gasteiger partial charge in [-0.15, -0.1) is 11.3 Å². The van der Waals surface area contributed by atoms with Crippen LogP contribution in [0.25, 0.3) is 49.0 Å². The first-order valence-corrected chi connectivity index (χ1v) is 14.7. The number of fused-ring (bicyclic) bond motifs is 16. The lowest BCUT2D eigenvalue weighted by atomic mass is 9.93. The second kappa shape index (κ2) is 7.00. The number of hydrogen-bond donors (Lipinski definition) is 0. The van der Waals surface area contributed by atoms with Gasteiger partial charge in [0.2, 0.25) is 5.69 Å². The van der Waals surface area contributed by atoms with Crippen LogP contribution in [-0.2, 0) is 5.54 Å². The average Bonchev–Trinajstić information content (AvgIpc) is 3.23.